The van der Waals surface area contributed by atoms with Gasteiger partial charge in [0.1, 0.15) is 6.61 Å². The lowest BCUT2D eigenvalue weighted by Crippen LogP contribution is -1.98. The van der Waals surface area contributed by atoms with Crippen LogP contribution in [-0.2, 0) is 6.61 Å². The van der Waals surface area contributed by atoms with Gasteiger partial charge in [0.05, 0.1) is 0 Å². The van der Waals surface area contributed by atoms with Crippen molar-refractivity contribution in [2.45, 2.75) is 13.5 Å². The molecule has 0 saturated carbocycles. The molecule has 1 aromatic heterocycles. The molecule has 16 heavy (non-hydrogen) atoms. The first-order valence-corrected chi connectivity index (χ1v) is 5.15. The normalized spacial score (nSPS) is 10.1. The smallest absolute Gasteiger partial charge is 0.213 e. The molecular formula is C13H14N2O. The number of anilines is 1. The van der Waals surface area contributed by atoms with Crippen LogP contribution in [0.4, 0.5) is 5.69 Å². The minimum atomic E-state index is 0.511. The van der Waals surface area contributed by atoms with Gasteiger partial charge in [0.15, 0.2) is 0 Å². The molecule has 0 spiro atoms. The molecule has 0 aliphatic carbocycles. The van der Waals surface area contributed by atoms with Gasteiger partial charge in [0.25, 0.3) is 0 Å². The molecule has 2 N–H and O–H groups in total. The van der Waals surface area contributed by atoms with E-state index in [2.05, 4.69) is 4.98 Å². The molecule has 0 aliphatic rings. The molecule has 1 heterocycles. The third-order valence-electron chi connectivity index (χ3n) is 2.23. The van der Waals surface area contributed by atoms with Crippen molar-refractivity contribution < 1.29 is 4.74 Å². The largest absolute Gasteiger partial charge is 0.473 e. The van der Waals surface area contributed by atoms with Crippen LogP contribution in [0.3, 0.4) is 0 Å². The van der Waals surface area contributed by atoms with Gasteiger partial charge in [-0.3, -0.25) is 0 Å². The van der Waals surface area contributed by atoms with Gasteiger partial charge < -0.3 is 10.5 Å². The fourth-order valence-corrected chi connectivity index (χ4v) is 1.37. The summed E-state index contributed by atoms with van der Waals surface area (Å²) >= 11 is 0. The number of nitrogen functional groups attached to an aromatic ring is 1. The van der Waals surface area contributed by atoms with Crippen molar-refractivity contribution in [3.05, 3.63) is 53.7 Å². The van der Waals surface area contributed by atoms with Crippen LogP contribution in [0.15, 0.2) is 42.5 Å². The van der Waals surface area contributed by atoms with Crippen molar-refractivity contribution >= 4 is 5.69 Å². The minimum absolute atomic E-state index is 0.511. The van der Waals surface area contributed by atoms with E-state index in [1.807, 2.05) is 49.4 Å². The zero-order chi connectivity index (χ0) is 11.4. The number of rotatable bonds is 3. The van der Waals surface area contributed by atoms with E-state index in [1.54, 1.807) is 0 Å². The SMILES string of the molecule is Cc1cccc(OCc2ccc(N)cc2)n1. The molecule has 3 heteroatoms. The number of nitrogens with zero attached hydrogens (tertiary/aromatic N) is 1. The summed E-state index contributed by atoms with van der Waals surface area (Å²) in [7, 11) is 0. The third kappa shape index (κ3) is 2.73. The molecule has 0 unspecified atom stereocenters. The van der Waals surface area contributed by atoms with Crippen molar-refractivity contribution in [3.8, 4) is 5.88 Å². The van der Waals surface area contributed by atoms with E-state index < -0.39 is 0 Å². The molecule has 2 aromatic rings. The second kappa shape index (κ2) is 4.66. The Balaban J connectivity index is 1.99. The van der Waals surface area contributed by atoms with Crippen molar-refractivity contribution in [1.82, 2.24) is 4.98 Å². The zero-order valence-electron chi connectivity index (χ0n) is 9.18. The Morgan fingerprint density at radius 1 is 1.12 bits per heavy atom. The molecule has 3 nitrogen and oxygen atoms in total. The summed E-state index contributed by atoms with van der Waals surface area (Å²) in [5.74, 6) is 0.650. The highest BCUT2D eigenvalue weighted by molar-refractivity contribution is 5.39. The molecule has 0 fully saturated rings. The molecule has 0 atom stereocenters. The Labute approximate surface area is 94.9 Å². The summed E-state index contributed by atoms with van der Waals surface area (Å²) in [5.41, 5.74) is 8.40. The predicted octanol–water partition coefficient (Wildman–Crippen LogP) is 2.55. The fraction of sp³-hybridized carbons (Fsp3) is 0.154. The first-order chi connectivity index (χ1) is 7.74. The van der Waals surface area contributed by atoms with E-state index in [9.17, 15) is 0 Å². The van der Waals surface area contributed by atoms with Crippen LogP contribution in [0.25, 0.3) is 0 Å². The molecule has 0 aliphatic heterocycles. The number of aryl methyl sites for hydroxylation is 1. The Morgan fingerprint density at radius 2 is 1.88 bits per heavy atom. The number of hydrogen-bond acceptors (Lipinski definition) is 3. The number of pyridine rings is 1. The lowest BCUT2D eigenvalue weighted by Gasteiger charge is -2.05. The molecular weight excluding hydrogens is 200 g/mol. The van der Waals surface area contributed by atoms with Crippen LogP contribution in [-0.4, -0.2) is 4.98 Å². The Bertz CT molecular complexity index is 466. The van der Waals surface area contributed by atoms with Crippen LogP contribution < -0.4 is 10.5 Å². The summed E-state index contributed by atoms with van der Waals surface area (Å²) in [6.07, 6.45) is 0. The van der Waals surface area contributed by atoms with Gasteiger partial charge in [-0.15, -0.1) is 0 Å². The number of benzene rings is 1. The van der Waals surface area contributed by atoms with Crippen molar-refractivity contribution in [2.24, 2.45) is 0 Å². The Hall–Kier alpha value is -2.03. The van der Waals surface area contributed by atoms with Crippen LogP contribution in [0, 0.1) is 6.92 Å². The van der Waals surface area contributed by atoms with Gasteiger partial charge in [-0.05, 0) is 30.7 Å². The van der Waals surface area contributed by atoms with Gasteiger partial charge in [0.2, 0.25) is 5.88 Å². The van der Waals surface area contributed by atoms with Crippen molar-refractivity contribution in [3.63, 3.8) is 0 Å². The van der Waals surface area contributed by atoms with Crippen molar-refractivity contribution in [1.29, 1.82) is 0 Å². The zero-order valence-corrected chi connectivity index (χ0v) is 9.18. The van der Waals surface area contributed by atoms with E-state index in [4.69, 9.17) is 10.5 Å². The highest BCUT2D eigenvalue weighted by atomic mass is 16.5. The molecule has 1 aromatic carbocycles. The highest BCUT2D eigenvalue weighted by Gasteiger charge is 1.97. The summed E-state index contributed by atoms with van der Waals surface area (Å²) < 4.78 is 5.56. The Kier molecular flexibility index (Phi) is 3.05. The average Bonchev–Trinajstić information content (AvgIpc) is 2.28. The van der Waals surface area contributed by atoms with Crippen LogP contribution in [0.5, 0.6) is 5.88 Å². The Morgan fingerprint density at radius 3 is 2.56 bits per heavy atom. The van der Waals surface area contributed by atoms with E-state index in [0.29, 0.717) is 12.5 Å². The van der Waals surface area contributed by atoms with Gasteiger partial charge in [-0.1, -0.05) is 18.2 Å². The van der Waals surface area contributed by atoms with E-state index >= 15 is 0 Å². The first kappa shape index (κ1) is 10.5. The van der Waals surface area contributed by atoms with Gasteiger partial charge in [0, 0.05) is 17.4 Å². The molecule has 2 rings (SSSR count). The van der Waals surface area contributed by atoms with Crippen LogP contribution in [0.2, 0.25) is 0 Å². The third-order valence-corrected chi connectivity index (χ3v) is 2.23. The summed E-state index contributed by atoms with van der Waals surface area (Å²) in [5, 5.41) is 0. The molecule has 0 amide bonds. The molecule has 82 valence electrons. The summed E-state index contributed by atoms with van der Waals surface area (Å²) in [6, 6.07) is 13.3. The minimum Gasteiger partial charge on any atom is -0.473 e. The van der Waals surface area contributed by atoms with Gasteiger partial charge in [-0.2, -0.15) is 0 Å². The van der Waals surface area contributed by atoms with Crippen molar-refractivity contribution in [2.75, 3.05) is 5.73 Å². The van der Waals surface area contributed by atoms with E-state index in [0.717, 1.165) is 16.9 Å². The lowest BCUT2D eigenvalue weighted by molar-refractivity contribution is 0.293. The maximum absolute atomic E-state index is 5.60. The molecule has 0 bridgehead atoms. The monoisotopic (exact) mass is 214 g/mol. The lowest BCUT2D eigenvalue weighted by atomic mass is 10.2. The highest BCUT2D eigenvalue weighted by Crippen LogP contribution is 2.11. The van der Waals surface area contributed by atoms with Crippen LogP contribution >= 0.6 is 0 Å². The summed E-state index contributed by atoms with van der Waals surface area (Å²) in [6.45, 7) is 2.45. The van der Waals surface area contributed by atoms with Crippen LogP contribution in [0.1, 0.15) is 11.3 Å². The second-order valence-electron chi connectivity index (χ2n) is 3.65. The van der Waals surface area contributed by atoms with E-state index in [-0.39, 0.29) is 0 Å². The van der Waals surface area contributed by atoms with Gasteiger partial charge in [-0.25, -0.2) is 4.98 Å². The standard InChI is InChI=1S/C13H14N2O/c1-10-3-2-4-13(15-10)16-9-11-5-7-12(14)8-6-11/h2-8H,9,14H2,1H3. The number of hydrogen-bond donors (Lipinski definition) is 1. The fourth-order valence-electron chi connectivity index (χ4n) is 1.37. The number of nitrogens with two attached hydrogens (primary N) is 1. The summed E-state index contributed by atoms with van der Waals surface area (Å²) in [4.78, 5) is 4.26. The molecule has 0 saturated heterocycles. The topological polar surface area (TPSA) is 48.1 Å². The maximum Gasteiger partial charge on any atom is 0.213 e. The maximum atomic E-state index is 5.60. The van der Waals surface area contributed by atoms with Gasteiger partial charge >= 0.3 is 0 Å². The second-order valence-corrected chi connectivity index (χ2v) is 3.65. The predicted molar refractivity (Wildman–Crippen MR) is 64.2 cm³/mol. The quantitative estimate of drug-likeness (QED) is 0.799. The molecule has 0 radical (unpaired) electrons. The number of aromatic nitrogens is 1. The number of ether oxygens (including phenoxy) is 1. The first-order valence-electron chi connectivity index (χ1n) is 5.15. The average molecular weight is 214 g/mol. The van der Waals surface area contributed by atoms with E-state index in [1.165, 1.54) is 0 Å².